The topological polar surface area (TPSA) is 51.5 Å². The van der Waals surface area contributed by atoms with Gasteiger partial charge in [0.15, 0.2) is 0 Å². The Labute approximate surface area is 114 Å². The van der Waals surface area contributed by atoms with E-state index in [1.807, 2.05) is 37.6 Å². The average Bonchev–Trinajstić information content (AvgIpc) is 2.84. The number of hydrogen-bond donors (Lipinski definition) is 0. The molecular weight excluding hydrogens is 244 g/mol. The van der Waals surface area contributed by atoms with Crippen molar-refractivity contribution < 1.29 is 14.3 Å². The van der Waals surface area contributed by atoms with Crippen molar-refractivity contribution in [3.8, 4) is 0 Å². The van der Waals surface area contributed by atoms with Gasteiger partial charge in [0.25, 0.3) is 5.91 Å². The summed E-state index contributed by atoms with van der Waals surface area (Å²) in [4.78, 5) is 25.4. The Balaban J connectivity index is 2.83. The van der Waals surface area contributed by atoms with Gasteiger partial charge < -0.3 is 14.2 Å². The number of carbonyl (C=O) groups excluding carboxylic acids is 2. The first-order chi connectivity index (χ1) is 9.01. The van der Waals surface area contributed by atoms with Crippen molar-refractivity contribution in [3.63, 3.8) is 0 Å². The van der Waals surface area contributed by atoms with Crippen LogP contribution in [0.25, 0.3) is 0 Å². The van der Waals surface area contributed by atoms with E-state index in [0.29, 0.717) is 18.8 Å². The van der Waals surface area contributed by atoms with Crippen molar-refractivity contribution in [2.24, 2.45) is 0 Å². The molecule has 0 saturated carbocycles. The molecule has 0 fully saturated rings. The SMILES string of the molecule is CCOC(=O)CN(CC)C(=O)c1cccn1C(C)C. The zero-order valence-corrected chi connectivity index (χ0v) is 12.0. The Morgan fingerprint density at radius 1 is 1.37 bits per heavy atom. The maximum absolute atomic E-state index is 12.4. The molecule has 1 rings (SSSR count). The van der Waals surface area contributed by atoms with Gasteiger partial charge in [-0.05, 0) is 39.8 Å². The second kappa shape index (κ2) is 6.97. The molecule has 1 aromatic heterocycles. The van der Waals surface area contributed by atoms with Crippen LogP contribution in [0.5, 0.6) is 0 Å². The fourth-order valence-corrected chi connectivity index (χ4v) is 1.88. The Kier molecular flexibility index (Phi) is 5.60. The molecule has 0 aliphatic rings. The molecule has 1 aromatic rings. The maximum Gasteiger partial charge on any atom is 0.325 e. The molecule has 19 heavy (non-hydrogen) atoms. The lowest BCUT2D eigenvalue weighted by Crippen LogP contribution is -2.37. The van der Waals surface area contributed by atoms with E-state index in [0.717, 1.165) is 0 Å². The van der Waals surface area contributed by atoms with Crippen LogP contribution >= 0.6 is 0 Å². The van der Waals surface area contributed by atoms with Crippen molar-refractivity contribution in [1.82, 2.24) is 9.47 Å². The van der Waals surface area contributed by atoms with Crippen molar-refractivity contribution in [2.75, 3.05) is 19.7 Å². The molecule has 1 heterocycles. The molecule has 0 radical (unpaired) electrons. The molecule has 0 spiro atoms. The lowest BCUT2D eigenvalue weighted by molar-refractivity contribution is -0.143. The molecule has 5 heteroatoms. The molecule has 0 saturated heterocycles. The van der Waals surface area contributed by atoms with Gasteiger partial charge in [-0.1, -0.05) is 0 Å². The highest BCUT2D eigenvalue weighted by Crippen LogP contribution is 2.13. The zero-order chi connectivity index (χ0) is 14.4. The molecule has 0 unspecified atom stereocenters. The van der Waals surface area contributed by atoms with E-state index < -0.39 is 0 Å². The standard InChI is InChI=1S/C14H22N2O3/c1-5-15(10-13(17)19-6-2)14(18)12-8-7-9-16(12)11(3)4/h7-9,11H,5-6,10H2,1-4H3. The maximum atomic E-state index is 12.4. The first-order valence-corrected chi connectivity index (χ1v) is 6.62. The summed E-state index contributed by atoms with van der Waals surface area (Å²) in [6.45, 7) is 8.41. The average molecular weight is 266 g/mol. The summed E-state index contributed by atoms with van der Waals surface area (Å²) in [6.07, 6.45) is 1.87. The first kappa shape index (κ1) is 15.3. The Morgan fingerprint density at radius 2 is 2.05 bits per heavy atom. The van der Waals surface area contributed by atoms with Crippen molar-refractivity contribution in [3.05, 3.63) is 24.0 Å². The van der Waals surface area contributed by atoms with Crippen molar-refractivity contribution in [1.29, 1.82) is 0 Å². The highest BCUT2D eigenvalue weighted by atomic mass is 16.5. The summed E-state index contributed by atoms with van der Waals surface area (Å²) in [7, 11) is 0. The van der Waals surface area contributed by atoms with Crippen LogP contribution in [-0.2, 0) is 9.53 Å². The van der Waals surface area contributed by atoms with Crippen LogP contribution in [-0.4, -0.2) is 41.0 Å². The van der Waals surface area contributed by atoms with Gasteiger partial charge in [0.2, 0.25) is 0 Å². The van der Waals surface area contributed by atoms with Gasteiger partial charge >= 0.3 is 5.97 Å². The number of esters is 1. The number of ether oxygens (including phenoxy) is 1. The van der Waals surface area contributed by atoms with Crippen molar-refractivity contribution in [2.45, 2.75) is 33.7 Å². The molecule has 0 N–H and O–H groups in total. The summed E-state index contributed by atoms with van der Waals surface area (Å²) < 4.78 is 6.78. The number of rotatable bonds is 6. The molecule has 0 atom stereocenters. The lowest BCUT2D eigenvalue weighted by Gasteiger charge is -2.21. The van der Waals surface area contributed by atoms with E-state index in [2.05, 4.69) is 0 Å². The van der Waals surface area contributed by atoms with Crippen LogP contribution < -0.4 is 0 Å². The quantitative estimate of drug-likeness (QED) is 0.741. The van der Waals surface area contributed by atoms with E-state index >= 15 is 0 Å². The summed E-state index contributed by atoms with van der Waals surface area (Å²) in [5.74, 6) is -0.519. The van der Waals surface area contributed by atoms with Gasteiger partial charge in [-0.2, -0.15) is 0 Å². The van der Waals surface area contributed by atoms with Gasteiger partial charge in [-0.15, -0.1) is 0 Å². The molecular formula is C14H22N2O3. The Hall–Kier alpha value is -1.78. The second-order valence-corrected chi connectivity index (χ2v) is 4.52. The molecule has 0 aromatic carbocycles. The zero-order valence-electron chi connectivity index (χ0n) is 12.0. The molecule has 0 bridgehead atoms. The monoisotopic (exact) mass is 266 g/mol. The molecule has 1 amide bonds. The van der Waals surface area contributed by atoms with Gasteiger partial charge in [0, 0.05) is 18.8 Å². The van der Waals surface area contributed by atoms with Gasteiger partial charge in [0.05, 0.1) is 6.61 Å². The third-order valence-electron chi connectivity index (χ3n) is 2.85. The smallest absolute Gasteiger partial charge is 0.325 e. The minimum absolute atomic E-state index is 0.00749. The largest absolute Gasteiger partial charge is 0.465 e. The Morgan fingerprint density at radius 3 is 2.58 bits per heavy atom. The molecule has 106 valence electrons. The van der Waals surface area contributed by atoms with E-state index in [1.165, 1.54) is 4.90 Å². The highest BCUT2D eigenvalue weighted by molar-refractivity contribution is 5.94. The van der Waals surface area contributed by atoms with Crippen LogP contribution in [0.2, 0.25) is 0 Å². The van der Waals surface area contributed by atoms with E-state index in [-0.39, 0.29) is 24.5 Å². The summed E-state index contributed by atoms with van der Waals surface area (Å²) >= 11 is 0. The third kappa shape index (κ3) is 3.84. The van der Waals surface area contributed by atoms with Gasteiger partial charge in [-0.25, -0.2) is 0 Å². The fourth-order valence-electron chi connectivity index (χ4n) is 1.88. The van der Waals surface area contributed by atoms with E-state index in [4.69, 9.17) is 4.74 Å². The summed E-state index contributed by atoms with van der Waals surface area (Å²) in [5.41, 5.74) is 0.598. The number of hydrogen-bond acceptors (Lipinski definition) is 3. The molecule has 5 nitrogen and oxygen atoms in total. The van der Waals surface area contributed by atoms with Crippen LogP contribution in [0.15, 0.2) is 18.3 Å². The molecule has 0 aliphatic carbocycles. The Bertz CT molecular complexity index is 438. The van der Waals surface area contributed by atoms with Crippen LogP contribution in [0.4, 0.5) is 0 Å². The van der Waals surface area contributed by atoms with Crippen LogP contribution in [0.1, 0.15) is 44.2 Å². The predicted octanol–water partition coefficient (Wildman–Crippen LogP) is 2.09. The lowest BCUT2D eigenvalue weighted by atomic mass is 10.3. The van der Waals surface area contributed by atoms with Crippen molar-refractivity contribution >= 4 is 11.9 Å². The fraction of sp³-hybridized carbons (Fsp3) is 0.571. The van der Waals surface area contributed by atoms with E-state index in [9.17, 15) is 9.59 Å². The number of nitrogens with zero attached hydrogens (tertiary/aromatic N) is 2. The minimum Gasteiger partial charge on any atom is -0.465 e. The predicted molar refractivity (Wildman–Crippen MR) is 73.0 cm³/mol. The summed E-state index contributed by atoms with van der Waals surface area (Å²) in [5, 5.41) is 0. The normalized spacial score (nSPS) is 10.6. The molecule has 0 aliphatic heterocycles. The van der Waals surface area contributed by atoms with E-state index in [1.54, 1.807) is 13.0 Å². The van der Waals surface area contributed by atoms with Gasteiger partial charge in [-0.3, -0.25) is 9.59 Å². The number of amides is 1. The number of carbonyl (C=O) groups is 2. The van der Waals surface area contributed by atoms with Gasteiger partial charge in [0.1, 0.15) is 12.2 Å². The third-order valence-corrected chi connectivity index (χ3v) is 2.85. The number of likely N-dealkylation sites (N-methyl/N-ethyl adjacent to an activating group) is 1. The minimum atomic E-state index is -0.375. The van der Waals surface area contributed by atoms with Crippen LogP contribution in [0.3, 0.4) is 0 Å². The highest BCUT2D eigenvalue weighted by Gasteiger charge is 2.21. The summed E-state index contributed by atoms with van der Waals surface area (Å²) in [6, 6.07) is 3.82. The van der Waals surface area contributed by atoms with Crippen LogP contribution in [0, 0.1) is 0 Å². The number of aromatic nitrogens is 1. The first-order valence-electron chi connectivity index (χ1n) is 6.62. The second-order valence-electron chi connectivity index (χ2n) is 4.52.